The molecule has 1 aromatic carbocycles. The number of hydrogen-bond acceptors (Lipinski definition) is 2. The summed E-state index contributed by atoms with van der Waals surface area (Å²) in [5, 5.41) is 0. The van der Waals surface area contributed by atoms with Gasteiger partial charge in [0.1, 0.15) is 11.5 Å². The van der Waals surface area contributed by atoms with E-state index in [-0.39, 0.29) is 5.41 Å². The van der Waals surface area contributed by atoms with Gasteiger partial charge in [-0.25, -0.2) is 0 Å². The zero-order valence-electron chi connectivity index (χ0n) is 9.33. The van der Waals surface area contributed by atoms with Gasteiger partial charge in [0.05, 0.1) is 13.7 Å². The third kappa shape index (κ3) is 3.69. The Labute approximate surface area is 85.8 Å². The standard InChI is InChI=1S/C12H18O2/c1-12(2,3)9-14-11-7-5-6-10(8-11)13-4/h5-8H,9H2,1-4H3. The molecule has 78 valence electrons. The lowest BCUT2D eigenvalue weighted by Crippen LogP contribution is -2.16. The summed E-state index contributed by atoms with van der Waals surface area (Å²) in [6.07, 6.45) is 0. The van der Waals surface area contributed by atoms with Gasteiger partial charge in [0.25, 0.3) is 0 Å². The molecule has 1 rings (SSSR count). The summed E-state index contributed by atoms with van der Waals surface area (Å²) in [4.78, 5) is 0. The normalized spacial score (nSPS) is 11.1. The zero-order valence-corrected chi connectivity index (χ0v) is 9.33. The topological polar surface area (TPSA) is 18.5 Å². The van der Waals surface area contributed by atoms with Crippen LogP contribution in [-0.4, -0.2) is 13.7 Å². The van der Waals surface area contributed by atoms with Gasteiger partial charge in [-0.3, -0.25) is 0 Å². The van der Waals surface area contributed by atoms with Crippen LogP contribution in [0, 0.1) is 5.41 Å². The highest BCUT2D eigenvalue weighted by Gasteiger charge is 2.10. The van der Waals surface area contributed by atoms with E-state index >= 15 is 0 Å². The molecule has 0 aromatic heterocycles. The van der Waals surface area contributed by atoms with Gasteiger partial charge in [0.2, 0.25) is 0 Å². The molecular formula is C12H18O2. The van der Waals surface area contributed by atoms with E-state index in [1.807, 2.05) is 24.3 Å². The lowest BCUT2D eigenvalue weighted by atomic mass is 9.99. The molecule has 0 atom stereocenters. The van der Waals surface area contributed by atoms with Crippen molar-refractivity contribution in [3.63, 3.8) is 0 Å². The maximum Gasteiger partial charge on any atom is 0.123 e. The van der Waals surface area contributed by atoms with Crippen LogP contribution in [0.25, 0.3) is 0 Å². The van der Waals surface area contributed by atoms with Crippen LogP contribution < -0.4 is 9.47 Å². The van der Waals surface area contributed by atoms with Crippen LogP contribution >= 0.6 is 0 Å². The van der Waals surface area contributed by atoms with Crippen LogP contribution in [0.1, 0.15) is 20.8 Å². The highest BCUT2D eigenvalue weighted by atomic mass is 16.5. The van der Waals surface area contributed by atoms with Crippen LogP contribution in [0.2, 0.25) is 0 Å². The molecule has 0 aliphatic heterocycles. The van der Waals surface area contributed by atoms with Crippen LogP contribution in [-0.2, 0) is 0 Å². The second kappa shape index (κ2) is 4.36. The fourth-order valence-electron chi connectivity index (χ4n) is 0.991. The van der Waals surface area contributed by atoms with Gasteiger partial charge in [-0.1, -0.05) is 26.8 Å². The van der Waals surface area contributed by atoms with Crippen molar-refractivity contribution in [2.75, 3.05) is 13.7 Å². The maximum absolute atomic E-state index is 5.63. The number of benzene rings is 1. The zero-order chi connectivity index (χ0) is 10.6. The van der Waals surface area contributed by atoms with Crippen molar-refractivity contribution in [2.24, 2.45) is 5.41 Å². The molecule has 1 aromatic rings. The summed E-state index contributed by atoms with van der Waals surface area (Å²) in [5.74, 6) is 1.69. The summed E-state index contributed by atoms with van der Waals surface area (Å²) in [5.41, 5.74) is 0.184. The number of ether oxygens (including phenoxy) is 2. The Morgan fingerprint density at radius 1 is 1.14 bits per heavy atom. The average Bonchev–Trinajstić information content (AvgIpc) is 2.14. The molecule has 0 saturated heterocycles. The van der Waals surface area contributed by atoms with Crippen molar-refractivity contribution in [3.8, 4) is 11.5 Å². The second-order valence-corrected chi connectivity index (χ2v) is 4.53. The first kappa shape index (κ1) is 10.9. The van der Waals surface area contributed by atoms with Crippen molar-refractivity contribution < 1.29 is 9.47 Å². The van der Waals surface area contributed by atoms with Crippen LogP contribution in [0.15, 0.2) is 24.3 Å². The molecule has 0 spiro atoms. The molecule has 0 bridgehead atoms. The fraction of sp³-hybridized carbons (Fsp3) is 0.500. The van der Waals surface area contributed by atoms with Crippen molar-refractivity contribution in [1.82, 2.24) is 0 Å². The second-order valence-electron chi connectivity index (χ2n) is 4.53. The molecule has 0 N–H and O–H groups in total. The molecule has 2 nitrogen and oxygen atoms in total. The Hall–Kier alpha value is -1.18. The Morgan fingerprint density at radius 2 is 1.79 bits per heavy atom. The maximum atomic E-state index is 5.63. The van der Waals surface area contributed by atoms with E-state index in [4.69, 9.17) is 9.47 Å². The lowest BCUT2D eigenvalue weighted by Gasteiger charge is -2.18. The largest absolute Gasteiger partial charge is 0.497 e. The van der Waals surface area contributed by atoms with Crippen LogP contribution in [0.3, 0.4) is 0 Å². The van der Waals surface area contributed by atoms with Gasteiger partial charge >= 0.3 is 0 Å². The first-order chi connectivity index (χ1) is 6.51. The highest BCUT2D eigenvalue weighted by molar-refractivity contribution is 5.32. The van der Waals surface area contributed by atoms with E-state index in [9.17, 15) is 0 Å². The Balaban J connectivity index is 2.59. The SMILES string of the molecule is COc1cccc(OCC(C)(C)C)c1. The highest BCUT2D eigenvalue weighted by Crippen LogP contribution is 2.21. The van der Waals surface area contributed by atoms with Gasteiger partial charge in [0, 0.05) is 6.07 Å². The van der Waals surface area contributed by atoms with Crippen molar-refractivity contribution in [2.45, 2.75) is 20.8 Å². The summed E-state index contributed by atoms with van der Waals surface area (Å²) in [6.45, 7) is 7.15. The van der Waals surface area contributed by atoms with E-state index in [0.717, 1.165) is 11.5 Å². The van der Waals surface area contributed by atoms with Crippen molar-refractivity contribution >= 4 is 0 Å². The third-order valence-electron chi connectivity index (χ3n) is 1.71. The smallest absolute Gasteiger partial charge is 0.123 e. The van der Waals surface area contributed by atoms with E-state index < -0.39 is 0 Å². The van der Waals surface area contributed by atoms with Gasteiger partial charge in [-0.15, -0.1) is 0 Å². The molecule has 0 amide bonds. The van der Waals surface area contributed by atoms with Gasteiger partial charge in [-0.2, -0.15) is 0 Å². The molecule has 2 heteroatoms. The summed E-state index contributed by atoms with van der Waals surface area (Å²) < 4.78 is 10.7. The summed E-state index contributed by atoms with van der Waals surface area (Å²) >= 11 is 0. The van der Waals surface area contributed by atoms with E-state index in [2.05, 4.69) is 20.8 Å². The molecule has 0 unspecified atom stereocenters. The average molecular weight is 194 g/mol. The monoisotopic (exact) mass is 194 g/mol. The molecule has 0 fully saturated rings. The number of hydrogen-bond donors (Lipinski definition) is 0. The fourth-order valence-corrected chi connectivity index (χ4v) is 0.991. The molecular weight excluding hydrogens is 176 g/mol. The summed E-state index contributed by atoms with van der Waals surface area (Å²) in [7, 11) is 1.66. The quantitative estimate of drug-likeness (QED) is 0.736. The minimum Gasteiger partial charge on any atom is -0.497 e. The summed E-state index contributed by atoms with van der Waals surface area (Å²) in [6, 6.07) is 7.67. The predicted molar refractivity (Wildman–Crippen MR) is 57.9 cm³/mol. The minimum atomic E-state index is 0.184. The Kier molecular flexibility index (Phi) is 3.39. The van der Waals surface area contributed by atoms with E-state index in [0.29, 0.717) is 6.61 Å². The minimum absolute atomic E-state index is 0.184. The van der Waals surface area contributed by atoms with E-state index in [1.54, 1.807) is 7.11 Å². The molecule has 0 saturated carbocycles. The Bertz CT molecular complexity index is 287. The predicted octanol–water partition coefficient (Wildman–Crippen LogP) is 3.12. The van der Waals surface area contributed by atoms with Crippen molar-refractivity contribution in [3.05, 3.63) is 24.3 Å². The first-order valence-electron chi connectivity index (χ1n) is 4.78. The van der Waals surface area contributed by atoms with E-state index in [1.165, 1.54) is 0 Å². The van der Waals surface area contributed by atoms with Gasteiger partial charge in [0.15, 0.2) is 0 Å². The lowest BCUT2D eigenvalue weighted by molar-refractivity contribution is 0.197. The molecule has 0 radical (unpaired) electrons. The first-order valence-corrected chi connectivity index (χ1v) is 4.78. The molecule has 0 heterocycles. The van der Waals surface area contributed by atoms with Gasteiger partial charge < -0.3 is 9.47 Å². The van der Waals surface area contributed by atoms with Crippen molar-refractivity contribution in [1.29, 1.82) is 0 Å². The Morgan fingerprint density at radius 3 is 2.36 bits per heavy atom. The van der Waals surface area contributed by atoms with Gasteiger partial charge in [-0.05, 0) is 17.5 Å². The molecule has 0 aliphatic carbocycles. The number of rotatable bonds is 3. The van der Waals surface area contributed by atoms with Crippen LogP contribution in [0.4, 0.5) is 0 Å². The third-order valence-corrected chi connectivity index (χ3v) is 1.71. The van der Waals surface area contributed by atoms with Crippen LogP contribution in [0.5, 0.6) is 11.5 Å². The molecule has 0 aliphatic rings. The number of methoxy groups -OCH3 is 1. The molecule has 14 heavy (non-hydrogen) atoms.